The van der Waals surface area contributed by atoms with Crippen molar-refractivity contribution in [1.29, 1.82) is 0 Å². The predicted octanol–water partition coefficient (Wildman–Crippen LogP) is 1.76. The molecule has 1 aliphatic heterocycles. The van der Waals surface area contributed by atoms with Crippen LogP contribution in [0.15, 0.2) is 46.7 Å². The minimum atomic E-state index is -0.639. The molecule has 0 unspecified atom stereocenters. The molecule has 1 aromatic heterocycles. The van der Waals surface area contributed by atoms with E-state index in [0.29, 0.717) is 36.0 Å². The fraction of sp³-hybridized carbons (Fsp3) is 0.263. The summed E-state index contributed by atoms with van der Waals surface area (Å²) in [6, 6.07) is 4.84. The van der Waals surface area contributed by atoms with Crippen molar-refractivity contribution in [1.82, 2.24) is 14.9 Å². The van der Waals surface area contributed by atoms with Gasteiger partial charge in [0.25, 0.3) is 5.91 Å². The SMILES string of the molecule is CN(C)C(=O)c1ccnc(N2CC(N)=C(C=NCc3cc(F)cc(F)c3)C2)n1. The van der Waals surface area contributed by atoms with Crippen molar-refractivity contribution < 1.29 is 13.6 Å². The van der Waals surface area contributed by atoms with E-state index in [1.807, 2.05) is 4.90 Å². The Morgan fingerprint density at radius 1 is 1.29 bits per heavy atom. The summed E-state index contributed by atoms with van der Waals surface area (Å²) in [6.45, 7) is 0.955. The molecule has 1 aromatic carbocycles. The van der Waals surface area contributed by atoms with Crippen LogP contribution in [0.3, 0.4) is 0 Å². The number of nitrogens with two attached hydrogens (primary N) is 1. The van der Waals surface area contributed by atoms with Gasteiger partial charge in [0, 0.05) is 50.4 Å². The molecule has 0 fully saturated rings. The maximum absolute atomic E-state index is 13.2. The Labute approximate surface area is 161 Å². The molecule has 0 saturated carbocycles. The van der Waals surface area contributed by atoms with Crippen LogP contribution < -0.4 is 10.6 Å². The van der Waals surface area contributed by atoms with E-state index >= 15 is 0 Å². The average molecular weight is 386 g/mol. The third kappa shape index (κ3) is 4.48. The third-order valence-corrected chi connectivity index (χ3v) is 4.13. The fourth-order valence-electron chi connectivity index (χ4n) is 2.75. The third-order valence-electron chi connectivity index (χ3n) is 4.13. The molecule has 1 amide bonds. The number of aromatic nitrogens is 2. The summed E-state index contributed by atoms with van der Waals surface area (Å²) in [5.74, 6) is -1.10. The van der Waals surface area contributed by atoms with Gasteiger partial charge in [-0.05, 0) is 23.8 Å². The topological polar surface area (TPSA) is 87.7 Å². The lowest BCUT2D eigenvalue weighted by atomic mass is 10.2. The van der Waals surface area contributed by atoms with E-state index in [1.54, 1.807) is 26.4 Å². The standard InChI is InChI=1S/C19H20F2N6O/c1-26(2)18(28)17-3-4-24-19(25-17)27-10-13(16(22)11-27)9-23-8-12-5-14(20)7-15(21)6-12/h3-7,9H,8,10-11,22H2,1-2H3. The number of rotatable bonds is 5. The van der Waals surface area contributed by atoms with Crippen LogP contribution >= 0.6 is 0 Å². The number of carbonyl (C=O) groups excluding carboxylic acids is 1. The first-order valence-corrected chi connectivity index (χ1v) is 8.55. The molecule has 0 spiro atoms. The summed E-state index contributed by atoms with van der Waals surface area (Å²) in [4.78, 5) is 28.1. The molecule has 2 aromatic rings. The Morgan fingerprint density at radius 3 is 2.68 bits per heavy atom. The zero-order valence-electron chi connectivity index (χ0n) is 15.6. The number of benzene rings is 1. The van der Waals surface area contributed by atoms with Gasteiger partial charge in [0.2, 0.25) is 5.95 Å². The maximum atomic E-state index is 13.2. The second kappa shape index (κ2) is 8.12. The Hall–Kier alpha value is -3.36. The van der Waals surface area contributed by atoms with E-state index in [4.69, 9.17) is 5.73 Å². The van der Waals surface area contributed by atoms with Gasteiger partial charge in [0.15, 0.2) is 0 Å². The molecular weight excluding hydrogens is 366 g/mol. The van der Waals surface area contributed by atoms with Crippen molar-refractivity contribution in [3.8, 4) is 0 Å². The minimum Gasteiger partial charge on any atom is -0.400 e. The van der Waals surface area contributed by atoms with Crippen LogP contribution in [-0.2, 0) is 6.54 Å². The number of aliphatic imine (C=N–C) groups is 1. The van der Waals surface area contributed by atoms with Gasteiger partial charge in [-0.3, -0.25) is 9.79 Å². The minimum absolute atomic E-state index is 0.134. The van der Waals surface area contributed by atoms with Gasteiger partial charge < -0.3 is 15.5 Å². The number of hydrogen-bond acceptors (Lipinski definition) is 6. The van der Waals surface area contributed by atoms with E-state index in [9.17, 15) is 13.6 Å². The Balaban J connectivity index is 1.67. The van der Waals surface area contributed by atoms with Crippen molar-refractivity contribution in [3.63, 3.8) is 0 Å². The van der Waals surface area contributed by atoms with Gasteiger partial charge in [-0.2, -0.15) is 0 Å². The summed E-state index contributed by atoms with van der Waals surface area (Å²) < 4.78 is 26.5. The highest BCUT2D eigenvalue weighted by molar-refractivity contribution is 5.92. The van der Waals surface area contributed by atoms with Crippen molar-refractivity contribution in [3.05, 3.63) is 64.6 Å². The van der Waals surface area contributed by atoms with Crippen LogP contribution in [0.4, 0.5) is 14.7 Å². The fourth-order valence-corrected chi connectivity index (χ4v) is 2.75. The molecule has 146 valence electrons. The van der Waals surface area contributed by atoms with Crippen molar-refractivity contribution in [2.24, 2.45) is 10.7 Å². The highest BCUT2D eigenvalue weighted by Gasteiger charge is 2.22. The Morgan fingerprint density at radius 2 is 2.00 bits per heavy atom. The monoisotopic (exact) mass is 386 g/mol. The van der Waals surface area contributed by atoms with E-state index < -0.39 is 11.6 Å². The van der Waals surface area contributed by atoms with Crippen molar-refractivity contribution in [2.45, 2.75) is 6.54 Å². The van der Waals surface area contributed by atoms with Crippen LogP contribution in [0.2, 0.25) is 0 Å². The van der Waals surface area contributed by atoms with E-state index in [0.717, 1.165) is 11.6 Å². The first-order valence-electron chi connectivity index (χ1n) is 8.55. The molecule has 2 N–H and O–H groups in total. The van der Waals surface area contributed by atoms with Crippen LogP contribution in [0.5, 0.6) is 0 Å². The Bertz CT molecular complexity index is 937. The zero-order valence-corrected chi connectivity index (χ0v) is 15.6. The summed E-state index contributed by atoms with van der Waals surface area (Å²) in [5, 5.41) is 0. The lowest BCUT2D eigenvalue weighted by molar-refractivity contribution is 0.0822. The molecule has 9 heteroatoms. The molecule has 0 radical (unpaired) electrons. The quantitative estimate of drug-likeness (QED) is 0.792. The smallest absolute Gasteiger partial charge is 0.272 e. The van der Waals surface area contributed by atoms with Crippen LogP contribution in [-0.4, -0.2) is 54.2 Å². The number of halogens is 2. The zero-order chi connectivity index (χ0) is 20.3. The van der Waals surface area contributed by atoms with Crippen LogP contribution in [0.25, 0.3) is 0 Å². The van der Waals surface area contributed by atoms with Gasteiger partial charge >= 0.3 is 0 Å². The molecule has 2 heterocycles. The molecule has 7 nitrogen and oxygen atoms in total. The number of nitrogens with zero attached hydrogens (tertiary/aromatic N) is 5. The lowest BCUT2D eigenvalue weighted by Crippen LogP contribution is -2.27. The summed E-state index contributed by atoms with van der Waals surface area (Å²) >= 11 is 0. The molecule has 0 saturated heterocycles. The maximum Gasteiger partial charge on any atom is 0.272 e. The molecule has 28 heavy (non-hydrogen) atoms. The molecule has 0 atom stereocenters. The molecule has 3 rings (SSSR count). The number of anilines is 1. The van der Waals surface area contributed by atoms with E-state index in [1.165, 1.54) is 23.2 Å². The lowest BCUT2D eigenvalue weighted by Gasteiger charge is -2.17. The van der Waals surface area contributed by atoms with E-state index in [-0.39, 0.29) is 12.5 Å². The largest absolute Gasteiger partial charge is 0.400 e. The van der Waals surface area contributed by atoms with Gasteiger partial charge in [-0.1, -0.05) is 0 Å². The van der Waals surface area contributed by atoms with Crippen LogP contribution in [0.1, 0.15) is 16.1 Å². The van der Waals surface area contributed by atoms with Gasteiger partial charge in [-0.15, -0.1) is 0 Å². The van der Waals surface area contributed by atoms with Crippen LogP contribution in [0, 0.1) is 11.6 Å². The molecule has 1 aliphatic rings. The molecule has 0 bridgehead atoms. The van der Waals surface area contributed by atoms with Gasteiger partial charge in [0.1, 0.15) is 17.3 Å². The number of carbonyl (C=O) groups is 1. The normalized spacial score (nSPS) is 14.2. The van der Waals surface area contributed by atoms with Gasteiger partial charge in [-0.25, -0.2) is 18.7 Å². The number of hydrogen-bond donors (Lipinski definition) is 1. The first-order chi connectivity index (χ1) is 13.3. The second-order valence-electron chi connectivity index (χ2n) is 6.60. The van der Waals surface area contributed by atoms with E-state index in [2.05, 4.69) is 15.0 Å². The average Bonchev–Trinajstić information content (AvgIpc) is 3.01. The molecule has 0 aliphatic carbocycles. The predicted molar refractivity (Wildman–Crippen MR) is 102 cm³/mol. The summed E-state index contributed by atoms with van der Waals surface area (Å²) in [6.07, 6.45) is 3.12. The Kier molecular flexibility index (Phi) is 5.62. The summed E-state index contributed by atoms with van der Waals surface area (Å²) in [7, 11) is 3.30. The van der Waals surface area contributed by atoms with Gasteiger partial charge in [0.05, 0.1) is 13.1 Å². The van der Waals surface area contributed by atoms with Crippen molar-refractivity contribution >= 4 is 18.1 Å². The van der Waals surface area contributed by atoms with Crippen molar-refractivity contribution in [2.75, 3.05) is 32.1 Å². The number of amides is 1. The first kappa shape index (κ1) is 19.4. The highest BCUT2D eigenvalue weighted by Crippen LogP contribution is 2.18. The summed E-state index contributed by atoms with van der Waals surface area (Å²) in [5.41, 5.74) is 8.17. The molecular formula is C19H20F2N6O. The highest BCUT2D eigenvalue weighted by atomic mass is 19.1. The second-order valence-corrected chi connectivity index (χ2v) is 6.60.